The van der Waals surface area contributed by atoms with Crippen molar-refractivity contribution in [3.63, 3.8) is 0 Å². The van der Waals surface area contributed by atoms with E-state index in [2.05, 4.69) is 15.4 Å². The second kappa shape index (κ2) is 6.89. The highest BCUT2D eigenvalue weighted by atomic mass is 35.5. The minimum Gasteiger partial charge on any atom is -0.353 e. The number of hydrogen-bond donors (Lipinski definition) is 1. The molecule has 1 aliphatic rings. The monoisotopic (exact) mass is 344 g/mol. The third kappa shape index (κ3) is 3.49. The summed E-state index contributed by atoms with van der Waals surface area (Å²) in [5, 5.41) is 16.5. The molecule has 124 valence electrons. The maximum Gasteiger partial charge on any atom is 0.272 e. The van der Waals surface area contributed by atoms with Gasteiger partial charge in [-0.3, -0.25) is 9.48 Å². The van der Waals surface area contributed by atoms with E-state index in [1.165, 1.54) is 6.20 Å². The van der Waals surface area contributed by atoms with Gasteiger partial charge in [-0.2, -0.15) is 10.4 Å². The lowest BCUT2D eigenvalue weighted by Gasteiger charge is -2.34. The van der Waals surface area contributed by atoms with Gasteiger partial charge in [0.1, 0.15) is 17.6 Å². The molecule has 0 aromatic carbocycles. The number of carbonyl (C=O) groups excluding carboxylic acids is 1. The Morgan fingerprint density at radius 2 is 2.38 bits per heavy atom. The Balaban J connectivity index is 1.68. The fraction of sp³-hybridized carbons (Fsp3) is 0.375. The van der Waals surface area contributed by atoms with E-state index in [9.17, 15) is 4.79 Å². The van der Waals surface area contributed by atoms with Crippen molar-refractivity contribution in [1.29, 1.82) is 5.26 Å². The predicted molar refractivity (Wildman–Crippen MR) is 89.9 cm³/mol. The van der Waals surface area contributed by atoms with Gasteiger partial charge in [-0.15, -0.1) is 0 Å². The minimum atomic E-state index is -0.179. The van der Waals surface area contributed by atoms with Crippen LogP contribution in [0.1, 0.15) is 28.9 Å². The van der Waals surface area contributed by atoms with Crippen molar-refractivity contribution in [2.24, 2.45) is 7.05 Å². The topological polar surface area (TPSA) is 86.8 Å². The van der Waals surface area contributed by atoms with Crippen molar-refractivity contribution < 1.29 is 4.79 Å². The first-order chi connectivity index (χ1) is 11.6. The molecule has 1 N–H and O–H groups in total. The van der Waals surface area contributed by atoms with Gasteiger partial charge in [-0.05, 0) is 25.0 Å². The van der Waals surface area contributed by atoms with Crippen LogP contribution in [-0.2, 0) is 7.05 Å². The molecule has 0 spiro atoms. The molecule has 2 aromatic heterocycles. The Hall–Kier alpha value is -2.59. The van der Waals surface area contributed by atoms with E-state index in [1.807, 2.05) is 11.0 Å². The fourth-order valence-electron chi connectivity index (χ4n) is 2.81. The van der Waals surface area contributed by atoms with Crippen LogP contribution in [0.4, 0.5) is 5.82 Å². The SMILES string of the molecule is Cn1ccc(C(=O)NC2CCCN(c3ncc(C#N)cc3Cl)C2)n1. The molecule has 1 atom stereocenters. The number of aromatic nitrogens is 3. The summed E-state index contributed by atoms with van der Waals surface area (Å²) >= 11 is 6.24. The Bertz CT molecular complexity index is 796. The van der Waals surface area contributed by atoms with Gasteiger partial charge in [0, 0.05) is 38.6 Å². The number of piperidine rings is 1. The number of amides is 1. The van der Waals surface area contributed by atoms with E-state index in [-0.39, 0.29) is 11.9 Å². The molecule has 1 unspecified atom stereocenters. The molecule has 8 heteroatoms. The lowest BCUT2D eigenvalue weighted by Crippen LogP contribution is -2.48. The summed E-state index contributed by atoms with van der Waals surface area (Å²) in [4.78, 5) is 18.6. The Labute approximate surface area is 144 Å². The highest BCUT2D eigenvalue weighted by Crippen LogP contribution is 2.26. The molecule has 0 bridgehead atoms. The summed E-state index contributed by atoms with van der Waals surface area (Å²) in [7, 11) is 1.78. The van der Waals surface area contributed by atoms with Gasteiger partial charge in [-0.25, -0.2) is 4.98 Å². The number of nitriles is 1. The summed E-state index contributed by atoms with van der Waals surface area (Å²) in [5.74, 6) is 0.466. The van der Waals surface area contributed by atoms with Gasteiger partial charge in [0.2, 0.25) is 0 Å². The predicted octanol–water partition coefficient (Wildman–Crippen LogP) is 1.74. The van der Waals surface area contributed by atoms with Crippen molar-refractivity contribution in [2.45, 2.75) is 18.9 Å². The average Bonchev–Trinajstić information content (AvgIpc) is 3.01. The van der Waals surface area contributed by atoms with Gasteiger partial charge < -0.3 is 10.2 Å². The number of anilines is 1. The molecule has 7 nitrogen and oxygen atoms in total. The fourth-order valence-corrected chi connectivity index (χ4v) is 3.09. The zero-order chi connectivity index (χ0) is 17.1. The standard InChI is InChI=1S/C16H17ClN6O/c1-22-6-4-14(21-22)16(24)20-12-3-2-5-23(10-12)15-13(17)7-11(8-18)9-19-15/h4,6-7,9,12H,2-3,5,10H2,1H3,(H,20,24). The molecule has 1 fully saturated rings. The molecule has 24 heavy (non-hydrogen) atoms. The molecule has 3 heterocycles. The van der Waals surface area contributed by atoms with Crippen molar-refractivity contribution >= 4 is 23.3 Å². The van der Waals surface area contributed by atoms with E-state index < -0.39 is 0 Å². The van der Waals surface area contributed by atoms with E-state index in [0.717, 1.165) is 19.4 Å². The van der Waals surface area contributed by atoms with Gasteiger partial charge in [0.25, 0.3) is 5.91 Å². The first kappa shape index (κ1) is 16.3. The van der Waals surface area contributed by atoms with Crippen molar-refractivity contribution in [1.82, 2.24) is 20.1 Å². The van der Waals surface area contributed by atoms with Crippen LogP contribution in [0, 0.1) is 11.3 Å². The molecule has 0 radical (unpaired) electrons. The Morgan fingerprint density at radius 3 is 3.04 bits per heavy atom. The van der Waals surface area contributed by atoms with Crippen molar-refractivity contribution in [3.8, 4) is 6.07 Å². The molecule has 2 aromatic rings. The van der Waals surface area contributed by atoms with Crippen LogP contribution in [0.15, 0.2) is 24.5 Å². The summed E-state index contributed by atoms with van der Waals surface area (Å²) < 4.78 is 1.60. The van der Waals surface area contributed by atoms with Gasteiger partial charge >= 0.3 is 0 Å². The molecule has 0 saturated carbocycles. The normalized spacial score (nSPS) is 17.4. The van der Waals surface area contributed by atoms with Crippen molar-refractivity contribution in [3.05, 3.63) is 40.8 Å². The number of halogens is 1. The highest BCUT2D eigenvalue weighted by Gasteiger charge is 2.24. The van der Waals surface area contributed by atoms with Crippen LogP contribution >= 0.6 is 11.6 Å². The lowest BCUT2D eigenvalue weighted by atomic mass is 10.1. The number of nitrogens with zero attached hydrogens (tertiary/aromatic N) is 5. The minimum absolute atomic E-state index is 0.00164. The molecule has 0 aliphatic carbocycles. The van der Waals surface area contributed by atoms with Crippen LogP contribution in [0.25, 0.3) is 0 Å². The third-order valence-corrected chi connectivity index (χ3v) is 4.23. The first-order valence-corrected chi connectivity index (χ1v) is 8.05. The van der Waals surface area contributed by atoms with E-state index >= 15 is 0 Å². The van der Waals surface area contributed by atoms with Crippen molar-refractivity contribution in [2.75, 3.05) is 18.0 Å². The van der Waals surface area contributed by atoms with Gasteiger partial charge in [0.05, 0.1) is 10.6 Å². The molecule has 1 saturated heterocycles. The first-order valence-electron chi connectivity index (χ1n) is 7.68. The van der Waals surface area contributed by atoms with Crippen LogP contribution in [0.3, 0.4) is 0 Å². The average molecular weight is 345 g/mol. The number of hydrogen-bond acceptors (Lipinski definition) is 5. The van der Waals surface area contributed by atoms with Crippen LogP contribution in [0.5, 0.6) is 0 Å². The third-order valence-electron chi connectivity index (χ3n) is 3.95. The maximum atomic E-state index is 12.2. The molecular weight excluding hydrogens is 328 g/mol. The largest absolute Gasteiger partial charge is 0.353 e. The summed E-state index contributed by atoms with van der Waals surface area (Å²) in [6.07, 6.45) is 5.06. The van der Waals surface area contributed by atoms with Crippen LogP contribution in [0.2, 0.25) is 5.02 Å². The number of carbonyl (C=O) groups is 1. The smallest absolute Gasteiger partial charge is 0.272 e. The molecule has 1 amide bonds. The Morgan fingerprint density at radius 1 is 1.54 bits per heavy atom. The number of aryl methyl sites for hydroxylation is 1. The number of rotatable bonds is 3. The number of pyridine rings is 1. The van der Waals surface area contributed by atoms with E-state index in [0.29, 0.717) is 28.6 Å². The van der Waals surface area contributed by atoms with Gasteiger partial charge in [-0.1, -0.05) is 11.6 Å². The summed E-state index contributed by atoms with van der Waals surface area (Å²) in [5.41, 5.74) is 0.838. The molecular formula is C16H17ClN6O. The zero-order valence-corrected chi connectivity index (χ0v) is 14.0. The highest BCUT2D eigenvalue weighted by molar-refractivity contribution is 6.33. The molecule has 1 aliphatic heterocycles. The summed E-state index contributed by atoms with van der Waals surface area (Å²) in [6, 6.07) is 5.32. The van der Waals surface area contributed by atoms with Crippen LogP contribution < -0.4 is 10.2 Å². The number of nitrogens with one attached hydrogen (secondary N) is 1. The lowest BCUT2D eigenvalue weighted by molar-refractivity contribution is 0.0927. The second-order valence-electron chi connectivity index (χ2n) is 5.77. The summed E-state index contributed by atoms with van der Waals surface area (Å²) in [6.45, 7) is 1.44. The van der Waals surface area contributed by atoms with E-state index in [4.69, 9.17) is 16.9 Å². The zero-order valence-electron chi connectivity index (χ0n) is 13.2. The van der Waals surface area contributed by atoms with E-state index in [1.54, 1.807) is 30.1 Å². The van der Waals surface area contributed by atoms with Crippen LogP contribution in [-0.4, -0.2) is 39.8 Å². The quantitative estimate of drug-likeness (QED) is 0.916. The van der Waals surface area contributed by atoms with Gasteiger partial charge in [0.15, 0.2) is 0 Å². The Kier molecular flexibility index (Phi) is 4.67. The maximum absolute atomic E-state index is 12.2. The second-order valence-corrected chi connectivity index (χ2v) is 6.18. The molecule has 3 rings (SSSR count).